The zero-order chi connectivity index (χ0) is 22.2. The first-order valence-electron chi connectivity index (χ1n) is 11.0. The van der Waals surface area contributed by atoms with Crippen LogP contribution in [0.1, 0.15) is 60.8 Å². The van der Waals surface area contributed by atoms with Crippen LogP contribution < -0.4 is 0 Å². The first-order valence-corrected chi connectivity index (χ1v) is 11.0. The standard InChI is InChI=1S/C25H36N2O3/c1-19(2)21-23(3,4)30-22(29)27(21)20(28)13-18-26(24(5)14-9-7-10-15-24)25(6)16-11-8-12-17-25/h7-12,14,16,19,21H,13,15,17-18H2,1-6H3. The van der Waals surface area contributed by atoms with Crippen LogP contribution in [0, 0.1) is 5.92 Å². The van der Waals surface area contributed by atoms with Gasteiger partial charge in [0.15, 0.2) is 0 Å². The second kappa shape index (κ2) is 8.18. The van der Waals surface area contributed by atoms with Gasteiger partial charge in [0.05, 0.1) is 6.04 Å². The number of hydrogen-bond donors (Lipinski definition) is 0. The Morgan fingerprint density at radius 1 is 1.07 bits per heavy atom. The maximum atomic E-state index is 13.3. The van der Waals surface area contributed by atoms with E-state index < -0.39 is 11.7 Å². The average molecular weight is 413 g/mol. The minimum atomic E-state index is -0.674. The van der Waals surface area contributed by atoms with E-state index in [1.165, 1.54) is 4.90 Å². The van der Waals surface area contributed by atoms with Gasteiger partial charge >= 0.3 is 6.09 Å². The molecule has 2 aliphatic carbocycles. The van der Waals surface area contributed by atoms with E-state index in [0.717, 1.165) is 12.8 Å². The molecule has 5 heteroatoms. The summed E-state index contributed by atoms with van der Waals surface area (Å²) in [7, 11) is 0. The molecule has 0 spiro atoms. The zero-order valence-electron chi connectivity index (χ0n) is 19.2. The molecule has 1 heterocycles. The maximum Gasteiger partial charge on any atom is 0.417 e. The van der Waals surface area contributed by atoms with Crippen LogP contribution in [0.3, 0.4) is 0 Å². The lowest BCUT2D eigenvalue weighted by Crippen LogP contribution is -2.58. The number of carbonyl (C=O) groups excluding carboxylic acids is 2. The quantitative estimate of drug-likeness (QED) is 0.615. The van der Waals surface area contributed by atoms with Crippen LogP contribution in [0.4, 0.5) is 4.79 Å². The Kier molecular flexibility index (Phi) is 6.15. The normalized spacial score (nSPS) is 32.3. The molecule has 1 fully saturated rings. The molecule has 164 valence electrons. The zero-order valence-corrected chi connectivity index (χ0v) is 19.2. The Morgan fingerprint density at radius 2 is 1.60 bits per heavy atom. The van der Waals surface area contributed by atoms with E-state index >= 15 is 0 Å². The number of rotatable bonds is 6. The fourth-order valence-corrected chi connectivity index (χ4v) is 5.37. The van der Waals surface area contributed by atoms with Crippen molar-refractivity contribution in [3.8, 4) is 0 Å². The fourth-order valence-electron chi connectivity index (χ4n) is 5.37. The van der Waals surface area contributed by atoms with E-state index in [4.69, 9.17) is 4.74 Å². The van der Waals surface area contributed by atoms with Crippen LogP contribution in [0.5, 0.6) is 0 Å². The number of amides is 2. The third-order valence-electron chi connectivity index (χ3n) is 6.69. The lowest BCUT2D eigenvalue weighted by molar-refractivity contribution is -0.131. The van der Waals surface area contributed by atoms with Crippen molar-refractivity contribution < 1.29 is 14.3 Å². The SMILES string of the molecule is CC(C)C1N(C(=O)CCN(C2(C)C=CC=CC2)C2(C)C=CC=CC2)C(=O)OC1(C)C. The molecule has 0 bridgehead atoms. The summed E-state index contributed by atoms with van der Waals surface area (Å²) in [5.74, 6) is -0.0356. The highest BCUT2D eigenvalue weighted by Gasteiger charge is 2.52. The molecule has 0 aromatic heterocycles. The van der Waals surface area contributed by atoms with Crippen LogP contribution in [-0.2, 0) is 9.53 Å². The van der Waals surface area contributed by atoms with Crippen molar-refractivity contribution in [2.75, 3.05) is 6.54 Å². The first kappa shape index (κ1) is 22.5. The first-order chi connectivity index (χ1) is 14.0. The number of allylic oxidation sites excluding steroid dienone is 4. The van der Waals surface area contributed by atoms with Gasteiger partial charge in [-0.1, -0.05) is 62.5 Å². The summed E-state index contributed by atoms with van der Waals surface area (Å²) in [6.45, 7) is 12.8. The summed E-state index contributed by atoms with van der Waals surface area (Å²) in [6, 6.07) is -0.257. The van der Waals surface area contributed by atoms with Crippen molar-refractivity contribution in [3.05, 3.63) is 48.6 Å². The summed E-state index contributed by atoms with van der Waals surface area (Å²) >= 11 is 0. The molecule has 5 nitrogen and oxygen atoms in total. The van der Waals surface area contributed by atoms with Crippen LogP contribution >= 0.6 is 0 Å². The second-order valence-corrected chi connectivity index (χ2v) is 10.0. The topological polar surface area (TPSA) is 49.9 Å². The third kappa shape index (κ3) is 4.18. The van der Waals surface area contributed by atoms with Crippen LogP contribution in [0.15, 0.2) is 48.6 Å². The van der Waals surface area contributed by atoms with Crippen molar-refractivity contribution in [3.63, 3.8) is 0 Å². The van der Waals surface area contributed by atoms with Gasteiger partial charge in [0.2, 0.25) is 5.91 Å². The lowest BCUT2D eigenvalue weighted by atomic mass is 9.82. The number of cyclic esters (lactones) is 1. The van der Waals surface area contributed by atoms with Gasteiger partial charge in [0.1, 0.15) is 5.60 Å². The summed E-state index contributed by atoms with van der Waals surface area (Å²) in [5, 5.41) is 0. The lowest BCUT2D eigenvalue weighted by Gasteiger charge is -2.50. The van der Waals surface area contributed by atoms with Crippen molar-refractivity contribution in [2.45, 2.75) is 83.5 Å². The number of carbonyl (C=O) groups is 2. The number of ether oxygens (including phenoxy) is 1. The molecule has 2 amide bonds. The van der Waals surface area contributed by atoms with Gasteiger partial charge in [-0.2, -0.15) is 0 Å². The van der Waals surface area contributed by atoms with Crippen molar-refractivity contribution in [2.24, 2.45) is 5.92 Å². The number of nitrogens with zero attached hydrogens (tertiary/aromatic N) is 2. The largest absolute Gasteiger partial charge is 0.441 e. The molecule has 3 unspecified atom stereocenters. The maximum absolute atomic E-state index is 13.3. The Labute approximate surface area is 181 Å². The fraction of sp³-hybridized carbons (Fsp3) is 0.600. The molecule has 0 radical (unpaired) electrons. The highest BCUT2D eigenvalue weighted by molar-refractivity contribution is 5.94. The predicted octanol–water partition coefficient (Wildman–Crippen LogP) is 5.01. The van der Waals surface area contributed by atoms with E-state index in [0.29, 0.717) is 6.54 Å². The van der Waals surface area contributed by atoms with E-state index in [2.05, 4.69) is 67.4 Å². The Morgan fingerprint density at radius 3 is 2.03 bits per heavy atom. The Hall–Kier alpha value is -2.14. The molecule has 0 N–H and O–H groups in total. The van der Waals surface area contributed by atoms with Gasteiger partial charge in [-0.15, -0.1) is 0 Å². The van der Waals surface area contributed by atoms with Crippen LogP contribution in [0.2, 0.25) is 0 Å². The minimum absolute atomic E-state index is 0.124. The molecular weight excluding hydrogens is 376 g/mol. The third-order valence-corrected chi connectivity index (χ3v) is 6.69. The van der Waals surface area contributed by atoms with Gasteiger partial charge in [0, 0.05) is 24.0 Å². The molecule has 30 heavy (non-hydrogen) atoms. The highest BCUT2D eigenvalue weighted by atomic mass is 16.6. The molecule has 0 aromatic carbocycles. The number of imide groups is 1. The molecule has 0 saturated carbocycles. The number of hydrogen-bond acceptors (Lipinski definition) is 4. The predicted molar refractivity (Wildman–Crippen MR) is 120 cm³/mol. The summed E-state index contributed by atoms with van der Waals surface area (Å²) in [5.41, 5.74) is -1.06. The molecule has 3 atom stereocenters. The Bertz CT molecular complexity index is 771. The van der Waals surface area contributed by atoms with Gasteiger partial charge in [-0.05, 0) is 46.5 Å². The average Bonchev–Trinajstić information content (AvgIpc) is 2.91. The minimum Gasteiger partial charge on any atom is -0.441 e. The van der Waals surface area contributed by atoms with E-state index in [9.17, 15) is 9.59 Å². The molecule has 1 aliphatic heterocycles. The van der Waals surface area contributed by atoms with Crippen LogP contribution in [-0.4, -0.2) is 51.1 Å². The van der Waals surface area contributed by atoms with Gasteiger partial charge in [-0.25, -0.2) is 9.69 Å². The summed E-state index contributed by atoms with van der Waals surface area (Å²) < 4.78 is 5.55. The summed E-state index contributed by atoms with van der Waals surface area (Å²) in [4.78, 5) is 29.6. The highest BCUT2D eigenvalue weighted by Crippen LogP contribution is 2.38. The van der Waals surface area contributed by atoms with Gasteiger partial charge in [-0.3, -0.25) is 9.69 Å². The van der Waals surface area contributed by atoms with Crippen molar-refractivity contribution in [1.29, 1.82) is 0 Å². The molecular formula is C25H36N2O3. The summed E-state index contributed by atoms with van der Waals surface area (Å²) in [6.07, 6.45) is 18.6. The molecule has 3 rings (SSSR count). The second-order valence-electron chi connectivity index (χ2n) is 10.0. The molecule has 1 saturated heterocycles. The van der Waals surface area contributed by atoms with Crippen LogP contribution in [0.25, 0.3) is 0 Å². The van der Waals surface area contributed by atoms with Gasteiger partial charge < -0.3 is 4.74 Å². The molecule has 3 aliphatic rings. The van der Waals surface area contributed by atoms with Crippen molar-refractivity contribution in [1.82, 2.24) is 9.80 Å². The smallest absolute Gasteiger partial charge is 0.417 e. The molecule has 0 aromatic rings. The monoisotopic (exact) mass is 412 g/mol. The van der Waals surface area contributed by atoms with E-state index in [-0.39, 0.29) is 35.4 Å². The Balaban J connectivity index is 1.82. The van der Waals surface area contributed by atoms with Gasteiger partial charge in [0.25, 0.3) is 0 Å². The van der Waals surface area contributed by atoms with E-state index in [1.54, 1.807) is 0 Å². The van der Waals surface area contributed by atoms with E-state index in [1.807, 2.05) is 27.7 Å². The van der Waals surface area contributed by atoms with Crippen molar-refractivity contribution >= 4 is 12.0 Å².